The maximum Gasteiger partial charge on any atom is 0.251 e. The molecule has 3 aromatic rings. The highest BCUT2D eigenvalue weighted by Gasteiger charge is 2.11. The lowest BCUT2D eigenvalue weighted by molar-refractivity contribution is 0.0954. The minimum absolute atomic E-state index is 0.119. The zero-order valence-corrected chi connectivity index (χ0v) is 16.7. The standard InChI is InChI=1S/C24H25NO4/c1-27-21-9-6-10-22(16-21)29-17-20-15-19(11-12-23(20)28-2)24(26)25-14-13-18-7-4-3-5-8-18/h3-12,15-16H,13-14,17H2,1-2H3,(H,25,26). The summed E-state index contributed by atoms with van der Waals surface area (Å²) < 4.78 is 16.5. The van der Waals surface area contributed by atoms with Crippen molar-refractivity contribution in [2.45, 2.75) is 13.0 Å². The fourth-order valence-corrected chi connectivity index (χ4v) is 2.95. The van der Waals surface area contributed by atoms with Gasteiger partial charge in [0.1, 0.15) is 23.9 Å². The fourth-order valence-electron chi connectivity index (χ4n) is 2.95. The van der Waals surface area contributed by atoms with Gasteiger partial charge in [0.05, 0.1) is 14.2 Å². The van der Waals surface area contributed by atoms with Gasteiger partial charge in [-0.1, -0.05) is 36.4 Å². The van der Waals surface area contributed by atoms with Crippen molar-refractivity contribution in [3.63, 3.8) is 0 Å². The number of carbonyl (C=O) groups is 1. The average Bonchev–Trinajstić information content (AvgIpc) is 2.78. The van der Waals surface area contributed by atoms with Gasteiger partial charge in [-0.25, -0.2) is 0 Å². The molecule has 1 amide bonds. The average molecular weight is 391 g/mol. The molecule has 0 bridgehead atoms. The third kappa shape index (κ3) is 5.75. The molecule has 0 aliphatic heterocycles. The maximum absolute atomic E-state index is 12.5. The Labute approximate surface area is 171 Å². The molecule has 150 valence electrons. The first kappa shape index (κ1) is 20.3. The second kappa shape index (κ2) is 10.2. The summed E-state index contributed by atoms with van der Waals surface area (Å²) in [6.07, 6.45) is 0.786. The minimum atomic E-state index is -0.119. The van der Waals surface area contributed by atoms with Crippen molar-refractivity contribution in [3.05, 3.63) is 89.5 Å². The topological polar surface area (TPSA) is 56.8 Å². The number of nitrogens with one attached hydrogen (secondary N) is 1. The van der Waals surface area contributed by atoms with Gasteiger partial charge < -0.3 is 19.5 Å². The summed E-state index contributed by atoms with van der Waals surface area (Å²) in [6, 6.07) is 22.8. The van der Waals surface area contributed by atoms with E-state index in [9.17, 15) is 4.79 Å². The first-order valence-electron chi connectivity index (χ1n) is 9.45. The number of carbonyl (C=O) groups excluding carboxylic acids is 1. The van der Waals surface area contributed by atoms with Crippen molar-refractivity contribution < 1.29 is 19.0 Å². The van der Waals surface area contributed by atoms with E-state index in [2.05, 4.69) is 5.32 Å². The molecule has 3 rings (SSSR count). The summed E-state index contributed by atoms with van der Waals surface area (Å²) in [6.45, 7) is 0.853. The van der Waals surface area contributed by atoms with E-state index in [-0.39, 0.29) is 12.5 Å². The van der Waals surface area contributed by atoms with Crippen LogP contribution >= 0.6 is 0 Å². The van der Waals surface area contributed by atoms with Gasteiger partial charge in [0.25, 0.3) is 5.91 Å². The fraction of sp³-hybridized carbons (Fsp3) is 0.208. The summed E-state index contributed by atoms with van der Waals surface area (Å²) in [5.74, 6) is 1.96. The van der Waals surface area contributed by atoms with E-state index in [0.717, 1.165) is 17.7 Å². The van der Waals surface area contributed by atoms with Gasteiger partial charge in [-0.15, -0.1) is 0 Å². The number of hydrogen-bond acceptors (Lipinski definition) is 4. The summed E-state index contributed by atoms with van der Waals surface area (Å²) >= 11 is 0. The number of ether oxygens (including phenoxy) is 3. The van der Waals surface area contributed by atoms with Gasteiger partial charge in [0.2, 0.25) is 0 Å². The number of amides is 1. The summed E-state index contributed by atoms with van der Waals surface area (Å²) in [4.78, 5) is 12.5. The van der Waals surface area contributed by atoms with E-state index in [1.54, 1.807) is 32.4 Å². The van der Waals surface area contributed by atoms with Gasteiger partial charge in [-0.05, 0) is 42.3 Å². The Kier molecular flexibility index (Phi) is 7.11. The molecule has 0 radical (unpaired) electrons. The molecule has 1 N–H and O–H groups in total. The van der Waals surface area contributed by atoms with Gasteiger partial charge in [-0.2, -0.15) is 0 Å². The van der Waals surface area contributed by atoms with Gasteiger partial charge in [-0.3, -0.25) is 4.79 Å². The van der Waals surface area contributed by atoms with Crippen LogP contribution in [0.1, 0.15) is 21.5 Å². The Morgan fingerprint density at radius 3 is 2.41 bits per heavy atom. The molecule has 0 saturated carbocycles. The molecule has 29 heavy (non-hydrogen) atoms. The quantitative estimate of drug-likeness (QED) is 0.592. The van der Waals surface area contributed by atoms with Crippen molar-refractivity contribution in [2.75, 3.05) is 20.8 Å². The lowest BCUT2D eigenvalue weighted by Crippen LogP contribution is -2.25. The Morgan fingerprint density at radius 2 is 1.66 bits per heavy atom. The van der Waals surface area contributed by atoms with Crippen molar-refractivity contribution in [2.24, 2.45) is 0 Å². The highest BCUT2D eigenvalue weighted by Crippen LogP contribution is 2.24. The molecule has 0 aliphatic carbocycles. The summed E-state index contributed by atoms with van der Waals surface area (Å²) in [7, 11) is 3.21. The van der Waals surface area contributed by atoms with Crippen molar-refractivity contribution >= 4 is 5.91 Å². The highest BCUT2D eigenvalue weighted by atomic mass is 16.5. The number of benzene rings is 3. The van der Waals surface area contributed by atoms with Crippen LogP contribution in [-0.2, 0) is 13.0 Å². The second-order valence-corrected chi connectivity index (χ2v) is 6.49. The molecular weight excluding hydrogens is 366 g/mol. The Hall–Kier alpha value is -3.47. The predicted octanol–water partition coefficient (Wildman–Crippen LogP) is 4.26. The van der Waals surface area contributed by atoms with Crippen LogP contribution in [0.5, 0.6) is 17.2 Å². The van der Waals surface area contributed by atoms with Crippen LogP contribution in [0.25, 0.3) is 0 Å². The molecule has 0 aromatic heterocycles. The lowest BCUT2D eigenvalue weighted by atomic mass is 10.1. The van der Waals surface area contributed by atoms with Crippen LogP contribution in [0, 0.1) is 0 Å². The monoisotopic (exact) mass is 391 g/mol. The van der Waals surface area contributed by atoms with Crippen LogP contribution in [0.15, 0.2) is 72.8 Å². The smallest absolute Gasteiger partial charge is 0.251 e. The number of methoxy groups -OCH3 is 2. The van der Waals surface area contributed by atoms with Gasteiger partial charge >= 0.3 is 0 Å². The van der Waals surface area contributed by atoms with Crippen LogP contribution in [0.3, 0.4) is 0 Å². The Balaban J connectivity index is 1.63. The van der Waals surface area contributed by atoms with E-state index in [0.29, 0.717) is 23.6 Å². The molecule has 0 unspecified atom stereocenters. The summed E-state index contributed by atoms with van der Waals surface area (Å²) in [5, 5.41) is 2.96. The normalized spacial score (nSPS) is 10.3. The largest absolute Gasteiger partial charge is 0.497 e. The maximum atomic E-state index is 12.5. The van der Waals surface area contributed by atoms with Crippen LogP contribution < -0.4 is 19.5 Å². The molecule has 0 aliphatic rings. The minimum Gasteiger partial charge on any atom is -0.497 e. The third-order valence-electron chi connectivity index (χ3n) is 4.52. The van der Waals surface area contributed by atoms with Crippen molar-refractivity contribution in [3.8, 4) is 17.2 Å². The molecular formula is C24H25NO4. The van der Waals surface area contributed by atoms with Gasteiger partial charge in [0.15, 0.2) is 0 Å². The number of hydrogen-bond donors (Lipinski definition) is 1. The predicted molar refractivity (Wildman–Crippen MR) is 113 cm³/mol. The van der Waals surface area contributed by atoms with Crippen LogP contribution in [0.4, 0.5) is 0 Å². The second-order valence-electron chi connectivity index (χ2n) is 6.49. The highest BCUT2D eigenvalue weighted by molar-refractivity contribution is 5.94. The Morgan fingerprint density at radius 1 is 0.862 bits per heavy atom. The first-order chi connectivity index (χ1) is 14.2. The number of rotatable bonds is 9. The zero-order chi connectivity index (χ0) is 20.5. The first-order valence-corrected chi connectivity index (χ1v) is 9.45. The SMILES string of the molecule is COc1cccc(OCc2cc(C(=O)NCCc3ccccc3)ccc2OC)c1. The molecule has 0 spiro atoms. The van der Waals surface area contributed by atoms with E-state index in [1.807, 2.05) is 54.6 Å². The Bertz CT molecular complexity index is 941. The molecule has 5 heteroatoms. The van der Waals surface area contributed by atoms with E-state index < -0.39 is 0 Å². The van der Waals surface area contributed by atoms with Crippen molar-refractivity contribution in [1.29, 1.82) is 0 Å². The zero-order valence-electron chi connectivity index (χ0n) is 16.7. The molecule has 0 saturated heterocycles. The van der Waals surface area contributed by atoms with Crippen molar-refractivity contribution in [1.82, 2.24) is 5.32 Å². The molecule has 0 fully saturated rings. The molecule has 5 nitrogen and oxygen atoms in total. The molecule has 0 heterocycles. The van der Waals surface area contributed by atoms with Gasteiger partial charge in [0, 0.05) is 23.7 Å². The van der Waals surface area contributed by atoms with E-state index >= 15 is 0 Å². The van der Waals surface area contributed by atoms with E-state index in [4.69, 9.17) is 14.2 Å². The summed E-state index contributed by atoms with van der Waals surface area (Å²) in [5.41, 5.74) is 2.56. The third-order valence-corrected chi connectivity index (χ3v) is 4.52. The molecule has 0 atom stereocenters. The lowest BCUT2D eigenvalue weighted by Gasteiger charge is -2.13. The van der Waals surface area contributed by atoms with E-state index in [1.165, 1.54) is 5.56 Å². The van der Waals surface area contributed by atoms with Crippen LogP contribution in [-0.4, -0.2) is 26.7 Å². The molecule has 3 aromatic carbocycles. The van der Waals surface area contributed by atoms with Crippen LogP contribution in [0.2, 0.25) is 0 Å².